The van der Waals surface area contributed by atoms with Gasteiger partial charge in [-0.15, -0.1) is 0 Å². The Morgan fingerprint density at radius 1 is 1.12 bits per heavy atom. The van der Waals surface area contributed by atoms with Crippen LogP contribution in [0, 0.1) is 13.8 Å². The summed E-state index contributed by atoms with van der Waals surface area (Å²) in [6.45, 7) is 3.32. The predicted octanol–water partition coefficient (Wildman–Crippen LogP) is 5.17. The highest BCUT2D eigenvalue weighted by Gasteiger charge is 2.36. The number of benzene rings is 1. The molecule has 0 amide bonds. The molecule has 0 saturated carbocycles. The number of rotatable bonds is 4. The molecule has 0 aliphatic rings. The zero-order chi connectivity index (χ0) is 17.9. The highest BCUT2D eigenvalue weighted by molar-refractivity contribution is 8.03. The van der Waals surface area contributed by atoms with Gasteiger partial charge in [-0.25, -0.2) is 9.97 Å². The summed E-state index contributed by atoms with van der Waals surface area (Å²) in [6.07, 6.45) is -4.14. The molecule has 0 bridgehead atoms. The van der Waals surface area contributed by atoms with Gasteiger partial charge in [0.1, 0.15) is 4.91 Å². The molecule has 2 aromatic rings. The van der Waals surface area contributed by atoms with E-state index in [-0.39, 0.29) is 10.7 Å². The quantitative estimate of drug-likeness (QED) is 0.321. The molecule has 24 heavy (non-hydrogen) atoms. The van der Waals surface area contributed by atoms with Crippen molar-refractivity contribution in [1.82, 2.24) is 9.97 Å². The molecule has 3 nitrogen and oxygen atoms in total. The average molecular weight is 373 g/mol. The second kappa shape index (κ2) is 7.36. The van der Waals surface area contributed by atoms with Crippen LogP contribution in [0.2, 0.25) is 5.02 Å². The second-order valence-corrected chi connectivity index (χ2v) is 6.36. The number of ketones is 1. The van der Waals surface area contributed by atoms with Crippen molar-refractivity contribution >= 4 is 29.1 Å². The molecule has 8 heteroatoms. The molecule has 0 fully saturated rings. The van der Waals surface area contributed by atoms with Gasteiger partial charge in [0.15, 0.2) is 10.9 Å². The van der Waals surface area contributed by atoms with Crippen LogP contribution in [0.3, 0.4) is 0 Å². The van der Waals surface area contributed by atoms with E-state index in [0.29, 0.717) is 34.2 Å². The third-order valence-corrected chi connectivity index (χ3v) is 4.02. The van der Waals surface area contributed by atoms with Crippen LogP contribution in [0.4, 0.5) is 13.2 Å². The largest absolute Gasteiger partial charge is 0.422 e. The monoisotopic (exact) mass is 372 g/mol. The van der Waals surface area contributed by atoms with Gasteiger partial charge < -0.3 is 0 Å². The van der Waals surface area contributed by atoms with Gasteiger partial charge in [0, 0.05) is 28.0 Å². The van der Waals surface area contributed by atoms with Crippen LogP contribution in [0.25, 0.3) is 0 Å². The van der Waals surface area contributed by atoms with E-state index in [9.17, 15) is 18.0 Å². The van der Waals surface area contributed by atoms with Gasteiger partial charge in [0.2, 0.25) is 0 Å². The zero-order valence-electron chi connectivity index (χ0n) is 12.7. The fourth-order valence-electron chi connectivity index (χ4n) is 1.82. The minimum atomic E-state index is -4.69. The number of aryl methyl sites for hydroxylation is 2. The van der Waals surface area contributed by atoms with Gasteiger partial charge in [-0.3, -0.25) is 4.79 Å². The number of hydrogen-bond acceptors (Lipinski definition) is 4. The number of carbonyl (C=O) groups excluding carboxylic acids is 1. The van der Waals surface area contributed by atoms with Crippen LogP contribution in [0.1, 0.15) is 21.7 Å². The van der Waals surface area contributed by atoms with Crippen molar-refractivity contribution in [2.24, 2.45) is 0 Å². The summed E-state index contributed by atoms with van der Waals surface area (Å²) in [5.74, 6) is -0.768. The Bertz CT molecular complexity index is 769. The van der Waals surface area contributed by atoms with Gasteiger partial charge in [-0.05, 0) is 55.9 Å². The minimum absolute atomic E-state index is 0.0556. The molecule has 0 atom stereocenters. The first-order chi connectivity index (χ1) is 11.1. The Kier molecular flexibility index (Phi) is 5.66. The van der Waals surface area contributed by atoms with Crippen LogP contribution in [0.15, 0.2) is 46.5 Å². The molecule has 1 aromatic heterocycles. The fourth-order valence-corrected chi connectivity index (χ4v) is 2.81. The Hall–Kier alpha value is -1.86. The van der Waals surface area contributed by atoms with Gasteiger partial charge >= 0.3 is 6.18 Å². The van der Waals surface area contributed by atoms with Crippen LogP contribution in [-0.4, -0.2) is 21.9 Å². The lowest BCUT2D eigenvalue weighted by Gasteiger charge is -2.11. The van der Waals surface area contributed by atoms with E-state index in [4.69, 9.17) is 11.6 Å². The standard InChI is InChI=1S/C16H12ClF3N2OS/c1-9-7-10(2)22-15(21-9)24-14(16(18,19)20)8-13(23)11-3-5-12(17)6-4-11/h3-8H,1-2H3/b14-8-. The van der Waals surface area contributed by atoms with Crippen molar-refractivity contribution < 1.29 is 18.0 Å². The Labute approximate surface area is 146 Å². The van der Waals surface area contributed by atoms with E-state index in [2.05, 4.69) is 9.97 Å². The first-order valence-electron chi connectivity index (χ1n) is 6.74. The Balaban J connectivity index is 2.34. The van der Waals surface area contributed by atoms with Gasteiger partial charge in [-0.1, -0.05) is 11.6 Å². The molecule has 2 rings (SSSR count). The maximum absolute atomic E-state index is 13.2. The summed E-state index contributed by atoms with van der Waals surface area (Å²) >= 11 is 6.02. The third kappa shape index (κ3) is 5.07. The first kappa shape index (κ1) is 18.5. The molecule has 0 spiro atoms. The number of nitrogens with zero attached hydrogens (tertiary/aromatic N) is 2. The van der Waals surface area contributed by atoms with E-state index in [1.807, 2.05) is 0 Å². The topological polar surface area (TPSA) is 42.9 Å². The van der Waals surface area contributed by atoms with Gasteiger partial charge in [-0.2, -0.15) is 13.2 Å². The second-order valence-electron chi connectivity index (χ2n) is 4.91. The summed E-state index contributed by atoms with van der Waals surface area (Å²) in [4.78, 5) is 18.9. The van der Waals surface area contributed by atoms with E-state index in [1.165, 1.54) is 24.3 Å². The number of carbonyl (C=O) groups is 1. The lowest BCUT2D eigenvalue weighted by atomic mass is 10.1. The highest BCUT2D eigenvalue weighted by atomic mass is 35.5. The third-order valence-electron chi connectivity index (χ3n) is 2.83. The smallest absolute Gasteiger partial charge is 0.289 e. The maximum atomic E-state index is 13.2. The molecule has 0 aliphatic carbocycles. The van der Waals surface area contributed by atoms with Crippen molar-refractivity contribution in [3.8, 4) is 0 Å². The van der Waals surface area contributed by atoms with Crippen LogP contribution in [-0.2, 0) is 0 Å². The van der Waals surface area contributed by atoms with Crippen molar-refractivity contribution in [2.75, 3.05) is 0 Å². The number of thioether (sulfide) groups is 1. The number of aromatic nitrogens is 2. The van der Waals surface area contributed by atoms with Crippen molar-refractivity contribution in [3.63, 3.8) is 0 Å². The summed E-state index contributed by atoms with van der Waals surface area (Å²) in [5, 5.41) is 0.338. The molecule has 0 unspecified atom stereocenters. The minimum Gasteiger partial charge on any atom is -0.289 e. The van der Waals surface area contributed by atoms with E-state index in [1.54, 1.807) is 19.9 Å². The van der Waals surface area contributed by atoms with E-state index < -0.39 is 16.9 Å². The van der Waals surface area contributed by atoms with Crippen LogP contribution in [0.5, 0.6) is 0 Å². The molecule has 0 saturated heterocycles. The molecule has 0 radical (unpaired) electrons. The fraction of sp³-hybridized carbons (Fsp3) is 0.188. The van der Waals surface area contributed by atoms with E-state index in [0.717, 1.165) is 0 Å². The summed E-state index contributed by atoms with van der Waals surface area (Å²) in [5.41, 5.74) is 1.22. The summed E-state index contributed by atoms with van der Waals surface area (Å²) in [6, 6.07) is 7.27. The molecule has 126 valence electrons. The SMILES string of the molecule is Cc1cc(C)nc(S/C(=C\C(=O)c2ccc(Cl)cc2)C(F)(F)F)n1. The molecular weight excluding hydrogens is 361 g/mol. The van der Waals surface area contributed by atoms with Crippen molar-refractivity contribution in [1.29, 1.82) is 0 Å². The Morgan fingerprint density at radius 3 is 2.17 bits per heavy atom. The normalized spacial score (nSPS) is 12.3. The highest BCUT2D eigenvalue weighted by Crippen LogP contribution is 2.37. The molecule has 0 N–H and O–H groups in total. The van der Waals surface area contributed by atoms with Gasteiger partial charge in [0.05, 0.1) is 0 Å². The average Bonchev–Trinajstić information content (AvgIpc) is 2.45. The molecule has 0 aliphatic heterocycles. The Morgan fingerprint density at radius 2 is 1.67 bits per heavy atom. The zero-order valence-corrected chi connectivity index (χ0v) is 14.3. The lowest BCUT2D eigenvalue weighted by Crippen LogP contribution is -2.12. The predicted molar refractivity (Wildman–Crippen MR) is 87.3 cm³/mol. The maximum Gasteiger partial charge on any atom is 0.422 e. The van der Waals surface area contributed by atoms with Crippen LogP contribution < -0.4 is 0 Å². The first-order valence-corrected chi connectivity index (χ1v) is 7.93. The molecular formula is C16H12ClF3N2OS. The lowest BCUT2D eigenvalue weighted by molar-refractivity contribution is -0.0837. The number of hydrogen-bond donors (Lipinski definition) is 0. The van der Waals surface area contributed by atoms with Crippen molar-refractivity contribution in [3.05, 3.63) is 63.3 Å². The molecule has 1 heterocycles. The van der Waals surface area contributed by atoms with Crippen molar-refractivity contribution in [2.45, 2.75) is 25.2 Å². The molecule has 1 aromatic carbocycles. The van der Waals surface area contributed by atoms with Crippen LogP contribution >= 0.6 is 23.4 Å². The van der Waals surface area contributed by atoms with E-state index >= 15 is 0 Å². The number of allylic oxidation sites excluding steroid dienone is 2. The summed E-state index contributed by atoms with van der Waals surface area (Å²) < 4.78 is 39.7. The number of halogens is 4. The van der Waals surface area contributed by atoms with Gasteiger partial charge in [0.25, 0.3) is 0 Å². The number of alkyl halides is 3. The summed E-state index contributed by atoms with van der Waals surface area (Å²) in [7, 11) is 0.